The van der Waals surface area contributed by atoms with Gasteiger partial charge >= 0.3 is 11.9 Å². The number of carbonyl (C=O) groups is 1. The number of esters is 1. The zero-order valence-electron chi connectivity index (χ0n) is 12.7. The van der Waals surface area contributed by atoms with E-state index in [0.717, 1.165) is 22.4 Å². The number of ether oxygens (including phenoxy) is 1. The van der Waals surface area contributed by atoms with E-state index in [1.807, 2.05) is 26.0 Å². The van der Waals surface area contributed by atoms with Crippen molar-refractivity contribution >= 4 is 23.5 Å². The van der Waals surface area contributed by atoms with Gasteiger partial charge in [-0.15, -0.1) is 0 Å². The summed E-state index contributed by atoms with van der Waals surface area (Å²) in [6, 6.07) is 3.93. The molecule has 0 aliphatic rings. The van der Waals surface area contributed by atoms with Gasteiger partial charge in [0.1, 0.15) is 11.9 Å². The molecule has 5 nitrogen and oxygen atoms in total. The average molecular weight is 389 g/mol. The highest BCUT2D eigenvalue weighted by atomic mass is 79.9. The van der Waals surface area contributed by atoms with Gasteiger partial charge in [0, 0.05) is 5.56 Å². The third-order valence-electron chi connectivity index (χ3n) is 3.22. The Balaban J connectivity index is 0.00000242. The SMILES string of the molecule is CCOC(=O)C[n+]1c(-c2c(C)cc(C)cc2Cl)c[nH]c1N.[Br-]. The molecular formula is C15H19BrClN3O2. The summed E-state index contributed by atoms with van der Waals surface area (Å²) in [4.78, 5) is 14.7. The van der Waals surface area contributed by atoms with E-state index < -0.39 is 0 Å². The number of nitrogens with two attached hydrogens (primary N) is 1. The lowest BCUT2D eigenvalue weighted by molar-refractivity contribution is -0.659. The standard InChI is InChI=1S/C15H18ClN3O2.BrH/c1-4-21-13(20)8-19-12(7-18-15(19)17)14-10(3)5-9(2)6-11(14)16;/h5-7H,4,8H2,1-3H3,(H2,17,18);1H. The number of aryl methyl sites for hydroxylation is 2. The fourth-order valence-corrected chi connectivity index (χ4v) is 2.80. The fraction of sp³-hybridized carbons (Fsp3) is 0.333. The van der Waals surface area contributed by atoms with Crippen LogP contribution in [0.5, 0.6) is 0 Å². The molecule has 0 spiro atoms. The van der Waals surface area contributed by atoms with Crippen molar-refractivity contribution < 1.29 is 31.1 Å². The van der Waals surface area contributed by atoms with Gasteiger partial charge in [-0.1, -0.05) is 17.7 Å². The van der Waals surface area contributed by atoms with Crippen LogP contribution in [0.25, 0.3) is 11.3 Å². The summed E-state index contributed by atoms with van der Waals surface area (Å²) >= 11 is 6.36. The van der Waals surface area contributed by atoms with Gasteiger partial charge in [-0.2, -0.15) is 0 Å². The number of nitrogens with one attached hydrogen (secondary N) is 1. The molecule has 1 aromatic carbocycles. The van der Waals surface area contributed by atoms with Crippen LogP contribution in [0, 0.1) is 13.8 Å². The van der Waals surface area contributed by atoms with E-state index in [1.165, 1.54) is 0 Å². The highest BCUT2D eigenvalue weighted by molar-refractivity contribution is 6.33. The third kappa shape index (κ3) is 3.81. The minimum atomic E-state index is -0.337. The molecule has 0 amide bonds. The smallest absolute Gasteiger partial charge is 0.353 e. The first-order valence-corrected chi connectivity index (χ1v) is 7.11. The summed E-state index contributed by atoms with van der Waals surface area (Å²) < 4.78 is 6.65. The topological polar surface area (TPSA) is 72.0 Å². The predicted molar refractivity (Wildman–Crippen MR) is 82.0 cm³/mol. The monoisotopic (exact) mass is 387 g/mol. The molecule has 0 fully saturated rings. The lowest BCUT2D eigenvalue weighted by Crippen LogP contribution is -3.00. The Hall–Kier alpha value is -1.53. The third-order valence-corrected chi connectivity index (χ3v) is 3.52. The second kappa shape index (κ2) is 7.65. The van der Waals surface area contributed by atoms with Gasteiger partial charge in [0.05, 0.1) is 11.6 Å². The Kier molecular flexibility index (Phi) is 6.44. The summed E-state index contributed by atoms with van der Waals surface area (Å²) in [5, 5.41) is 0.629. The fourth-order valence-electron chi connectivity index (χ4n) is 2.38. The lowest BCUT2D eigenvalue weighted by atomic mass is 10.0. The first-order valence-electron chi connectivity index (χ1n) is 6.73. The van der Waals surface area contributed by atoms with Gasteiger partial charge in [0.25, 0.3) is 0 Å². The molecule has 2 rings (SSSR count). The highest BCUT2D eigenvalue weighted by Gasteiger charge is 2.22. The summed E-state index contributed by atoms with van der Waals surface area (Å²) in [5.41, 5.74) is 9.65. The number of H-pyrrole nitrogens is 1. The van der Waals surface area contributed by atoms with Crippen molar-refractivity contribution in [1.29, 1.82) is 0 Å². The molecule has 0 aliphatic carbocycles. The molecule has 0 saturated carbocycles. The van der Waals surface area contributed by atoms with Gasteiger partial charge in [-0.05, 0) is 38.0 Å². The number of halogens is 2. The van der Waals surface area contributed by atoms with Crippen molar-refractivity contribution in [3.05, 3.63) is 34.5 Å². The van der Waals surface area contributed by atoms with Crippen molar-refractivity contribution in [2.75, 3.05) is 12.3 Å². The van der Waals surface area contributed by atoms with Crippen LogP contribution in [0.3, 0.4) is 0 Å². The number of benzene rings is 1. The van der Waals surface area contributed by atoms with Crippen molar-refractivity contribution in [3.63, 3.8) is 0 Å². The Morgan fingerprint density at radius 1 is 1.41 bits per heavy atom. The minimum absolute atomic E-state index is 0. The first kappa shape index (κ1) is 18.5. The number of hydrogen-bond acceptors (Lipinski definition) is 3. The summed E-state index contributed by atoms with van der Waals surface area (Å²) in [5.74, 6) is 0.0463. The minimum Gasteiger partial charge on any atom is -1.00 e. The lowest BCUT2D eigenvalue weighted by Gasteiger charge is -2.10. The van der Waals surface area contributed by atoms with Crippen molar-refractivity contribution in [3.8, 4) is 11.3 Å². The quantitative estimate of drug-likeness (QED) is 0.542. The van der Waals surface area contributed by atoms with Crippen LogP contribution in [0.4, 0.5) is 5.95 Å². The Labute approximate surface area is 145 Å². The normalized spacial score (nSPS) is 10.2. The predicted octanol–water partition coefficient (Wildman–Crippen LogP) is -0.611. The summed E-state index contributed by atoms with van der Waals surface area (Å²) in [7, 11) is 0. The van der Waals surface area contributed by atoms with E-state index in [0.29, 0.717) is 17.6 Å². The highest BCUT2D eigenvalue weighted by Crippen LogP contribution is 2.30. The number of rotatable bonds is 4. The molecule has 0 saturated heterocycles. The van der Waals surface area contributed by atoms with Gasteiger partial charge < -0.3 is 21.7 Å². The Morgan fingerprint density at radius 2 is 2.09 bits per heavy atom. The zero-order valence-corrected chi connectivity index (χ0v) is 15.1. The number of carbonyl (C=O) groups excluding carboxylic acids is 1. The van der Waals surface area contributed by atoms with Crippen molar-refractivity contribution in [2.45, 2.75) is 27.3 Å². The van der Waals surface area contributed by atoms with E-state index in [2.05, 4.69) is 4.98 Å². The molecule has 120 valence electrons. The van der Waals surface area contributed by atoms with E-state index in [-0.39, 0.29) is 29.5 Å². The Morgan fingerprint density at radius 3 is 2.68 bits per heavy atom. The number of nitrogen functional groups attached to an aromatic ring is 1. The molecule has 0 atom stereocenters. The molecule has 1 heterocycles. The van der Waals surface area contributed by atoms with Crippen LogP contribution in [-0.4, -0.2) is 17.6 Å². The molecule has 0 bridgehead atoms. The van der Waals surface area contributed by atoms with Gasteiger partial charge in [0.2, 0.25) is 0 Å². The number of aromatic amines is 1. The van der Waals surface area contributed by atoms with Crippen molar-refractivity contribution in [2.24, 2.45) is 0 Å². The number of aromatic nitrogens is 2. The first-order chi connectivity index (χ1) is 9.93. The van der Waals surface area contributed by atoms with E-state index in [9.17, 15) is 4.79 Å². The van der Waals surface area contributed by atoms with Crippen LogP contribution < -0.4 is 27.3 Å². The molecule has 0 unspecified atom stereocenters. The van der Waals surface area contributed by atoms with Crippen LogP contribution in [0.15, 0.2) is 18.3 Å². The molecule has 1 aromatic heterocycles. The molecule has 3 N–H and O–H groups in total. The molecule has 7 heteroatoms. The largest absolute Gasteiger partial charge is 1.00 e. The second-order valence-corrected chi connectivity index (χ2v) is 5.30. The van der Waals surface area contributed by atoms with Crippen LogP contribution in [0.1, 0.15) is 18.1 Å². The van der Waals surface area contributed by atoms with E-state index in [1.54, 1.807) is 17.7 Å². The molecule has 0 radical (unpaired) electrons. The van der Waals surface area contributed by atoms with Gasteiger partial charge in [-0.25, -0.2) is 14.3 Å². The van der Waals surface area contributed by atoms with Crippen LogP contribution in [0.2, 0.25) is 5.02 Å². The number of imidazole rings is 1. The zero-order chi connectivity index (χ0) is 15.6. The summed E-state index contributed by atoms with van der Waals surface area (Å²) in [6.45, 7) is 6.11. The molecular weight excluding hydrogens is 370 g/mol. The molecule has 0 aliphatic heterocycles. The number of nitrogens with zero attached hydrogens (tertiary/aromatic N) is 1. The number of hydrogen-bond donors (Lipinski definition) is 2. The van der Waals surface area contributed by atoms with Gasteiger partial charge in [-0.3, -0.25) is 5.73 Å². The summed E-state index contributed by atoms with van der Waals surface area (Å²) in [6.07, 6.45) is 1.75. The van der Waals surface area contributed by atoms with Crippen LogP contribution >= 0.6 is 11.6 Å². The van der Waals surface area contributed by atoms with E-state index in [4.69, 9.17) is 22.1 Å². The maximum Gasteiger partial charge on any atom is 0.353 e. The second-order valence-electron chi connectivity index (χ2n) is 4.89. The van der Waals surface area contributed by atoms with Gasteiger partial charge in [0.15, 0.2) is 6.54 Å². The number of anilines is 1. The average Bonchev–Trinajstić information content (AvgIpc) is 2.71. The van der Waals surface area contributed by atoms with Crippen LogP contribution in [-0.2, 0) is 16.1 Å². The molecule has 22 heavy (non-hydrogen) atoms. The molecule has 2 aromatic rings. The maximum absolute atomic E-state index is 11.7. The maximum atomic E-state index is 11.7. The van der Waals surface area contributed by atoms with E-state index >= 15 is 0 Å². The van der Waals surface area contributed by atoms with Crippen molar-refractivity contribution in [1.82, 2.24) is 4.98 Å². The Bertz CT molecular complexity index is 662.